The fourth-order valence-electron chi connectivity index (χ4n) is 3.38. The SMILES string of the molecule is CCCC(=O)N(Cc1cc2cccc(C)c2[nH]c1=O)c1cc(C)ccc1C. The molecule has 0 aliphatic carbocycles. The number of carbonyl (C=O) groups is 1. The van der Waals surface area contributed by atoms with Crippen LogP contribution >= 0.6 is 0 Å². The third-order valence-electron chi connectivity index (χ3n) is 4.91. The molecular formula is C23H26N2O2. The predicted octanol–water partition coefficient (Wildman–Crippen LogP) is 4.79. The minimum Gasteiger partial charge on any atom is -0.321 e. The topological polar surface area (TPSA) is 53.2 Å². The summed E-state index contributed by atoms with van der Waals surface area (Å²) in [6.07, 6.45) is 1.23. The van der Waals surface area contributed by atoms with Crippen molar-refractivity contribution in [3.63, 3.8) is 0 Å². The number of hydrogen-bond donors (Lipinski definition) is 1. The molecule has 0 aliphatic rings. The Balaban J connectivity index is 2.08. The highest BCUT2D eigenvalue weighted by molar-refractivity contribution is 5.94. The van der Waals surface area contributed by atoms with Crippen LogP contribution in [0.25, 0.3) is 10.9 Å². The van der Waals surface area contributed by atoms with Gasteiger partial charge < -0.3 is 9.88 Å². The molecule has 1 N–H and O–H groups in total. The third-order valence-corrected chi connectivity index (χ3v) is 4.91. The van der Waals surface area contributed by atoms with Gasteiger partial charge in [-0.05, 0) is 61.4 Å². The molecule has 0 fully saturated rings. The largest absolute Gasteiger partial charge is 0.321 e. The molecule has 27 heavy (non-hydrogen) atoms. The minimum atomic E-state index is -0.142. The molecule has 0 atom stereocenters. The molecule has 1 aromatic heterocycles. The number of nitrogens with zero attached hydrogens (tertiary/aromatic N) is 1. The predicted molar refractivity (Wildman–Crippen MR) is 111 cm³/mol. The second kappa shape index (κ2) is 7.78. The fourth-order valence-corrected chi connectivity index (χ4v) is 3.38. The molecular weight excluding hydrogens is 336 g/mol. The Labute approximate surface area is 159 Å². The lowest BCUT2D eigenvalue weighted by Gasteiger charge is -2.25. The second-order valence-electron chi connectivity index (χ2n) is 7.18. The highest BCUT2D eigenvalue weighted by atomic mass is 16.2. The molecule has 0 unspecified atom stereocenters. The molecule has 3 rings (SSSR count). The number of amides is 1. The van der Waals surface area contributed by atoms with Gasteiger partial charge in [0.1, 0.15) is 0 Å². The van der Waals surface area contributed by atoms with Crippen molar-refractivity contribution in [3.05, 3.63) is 75.1 Å². The monoisotopic (exact) mass is 362 g/mol. The van der Waals surface area contributed by atoms with Crippen LogP contribution in [0.2, 0.25) is 0 Å². The van der Waals surface area contributed by atoms with Gasteiger partial charge in [0.2, 0.25) is 5.91 Å². The smallest absolute Gasteiger partial charge is 0.253 e. The number of fused-ring (bicyclic) bond motifs is 1. The van der Waals surface area contributed by atoms with Crippen molar-refractivity contribution in [1.82, 2.24) is 4.98 Å². The fraction of sp³-hybridized carbons (Fsp3) is 0.304. The summed E-state index contributed by atoms with van der Waals surface area (Å²) in [7, 11) is 0. The van der Waals surface area contributed by atoms with Crippen molar-refractivity contribution < 1.29 is 4.79 Å². The highest BCUT2D eigenvalue weighted by Gasteiger charge is 2.19. The van der Waals surface area contributed by atoms with Crippen LogP contribution in [0, 0.1) is 20.8 Å². The first kappa shape index (κ1) is 18.9. The molecule has 1 heterocycles. The summed E-state index contributed by atoms with van der Waals surface area (Å²) in [5.74, 6) is 0.0370. The maximum Gasteiger partial charge on any atom is 0.253 e. The van der Waals surface area contributed by atoms with Crippen LogP contribution in [0.3, 0.4) is 0 Å². The Morgan fingerprint density at radius 2 is 1.81 bits per heavy atom. The Morgan fingerprint density at radius 1 is 1.04 bits per heavy atom. The van der Waals surface area contributed by atoms with Crippen molar-refractivity contribution in [3.8, 4) is 0 Å². The molecule has 0 radical (unpaired) electrons. The lowest BCUT2D eigenvalue weighted by atomic mass is 10.1. The molecule has 4 heteroatoms. The average molecular weight is 362 g/mol. The van der Waals surface area contributed by atoms with Gasteiger partial charge in [0, 0.05) is 17.7 Å². The number of pyridine rings is 1. The zero-order chi connectivity index (χ0) is 19.6. The number of aryl methyl sites for hydroxylation is 3. The molecule has 2 aromatic carbocycles. The summed E-state index contributed by atoms with van der Waals surface area (Å²) in [5.41, 5.74) is 5.33. The van der Waals surface area contributed by atoms with Gasteiger partial charge >= 0.3 is 0 Å². The van der Waals surface area contributed by atoms with E-state index in [9.17, 15) is 9.59 Å². The molecule has 0 bridgehead atoms. The summed E-state index contributed by atoms with van der Waals surface area (Å²) in [4.78, 5) is 30.3. The number of H-pyrrole nitrogens is 1. The number of aromatic amines is 1. The van der Waals surface area contributed by atoms with E-state index >= 15 is 0 Å². The van der Waals surface area contributed by atoms with Gasteiger partial charge in [-0.25, -0.2) is 0 Å². The van der Waals surface area contributed by atoms with Crippen LogP contribution in [0.1, 0.15) is 42.0 Å². The number of aromatic nitrogens is 1. The maximum absolute atomic E-state index is 12.9. The number of hydrogen-bond acceptors (Lipinski definition) is 2. The van der Waals surface area contributed by atoms with E-state index in [1.807, 2.05) is 70.2 Å². The van der Waals surface area contributed by atoms with E-state index in [0.29, 0.717) is 12.0 Å². The number of para-hydroxylation sites is 1. The summed E-state index contributed by atoms with van der Waals surface area (Å²) in [6, 6.07) is 13.9. The quantitative estimate of drug-likeness (QED) is 0.710. The molecule has 0 spiro atoms. The molecule has 1 amide bonds. The van der Waals surface area contributed by atoms with Crippen LogP contribution in [0.4, 0.5) is 5.69 Å². The van der Waals surface area contributed by atoms with Gasteiger partial charge in [-0.2, -0.15) is 0 Å². The van der Waals surface area contributed by atoms with Crippen molar-refractivity contribution >= 4 is 22.5 Å². The van der Waals surface area contributed by atoms with Gasteiger partial charge in [-0.1, -0.05) is 37.3 Å². The Morgan fingerprint density at radius 3 is 2.56 bits per heavy atom. The average Bonchev–Trinajstić information content (AvgIpc) is 2.63. The summed E-state index contributed by atoms with van der Waals surface area (Å²) in [5, 5.41) is 0.980. The molecule has 140 valence electrons. The second-order valence-corrected chi connectivity index (χ2v) is 7.18. The van der Waals surface area contributed by atoms with Crippen LogP contribution < -0.4 is 10.5 Å². The van der Waals surface area contributed by atoms with Gasteiger partial charge in [0.15, 0.2) is 0 Å². The van der Waals surface area contributed by atoms with Gasteiger partial charge in [-0.3, -0.25) is 9.59 Å². The minimum absolute atomic E-state index is 0.0370. The Bertz CT molecular complexity index is 1050. The van der Waals surface area contributed by atoms with Crippen molar-refractivity contribution in [1.29, 1.82) is 0 Å². The number of anilines is 1. The summed E-state index contributed by atoms with van der Waals surface area (Å²) in [6.45, 7) is 8.24. The number of benzene rings is 2. The van der Waals surface area contributed by atoms with E-state index < -0.39 is 0 Å². The van der Waals surface area contributed by atoms with Gasteiger partial charge in [-0.15, -0.1) is 0 Å². The van der Waals surface area contributed by atoms with Crippen LogP contribution in [0.5, 0.6) is 0 Å². The molecule has 3 aromatic rings. The number of nitrogens with one attached hydrogen (secondary N) is 1. The highest BCUT2D eigenvalue weighted by Crippen LogP contribution is 2.25. The first-order valence-electron chi connectivity index (χ1n) is 9.40. The van der Waals surface area contributed by atoms with E-state index in [1.165, 1.54) is 0 Å². The van der Waals surface area contributed by atoms with Crippen molar-refractivity contribution in [2.45, 2.75) is 47.1 Å². The Hall–Kier alpha value is -2.88. The normalized spacial score (nSPS) is 11.0. The zero-order valence-electron chi connectivity index (χ0n) is 16.4. The summed E-state index contributed by atoms with van der Waals surface area (Å²) >= 11 is 0. The Kier molecular flexibility index (Phi) is 5.45. The van der Waals surface area contributed by atoms with Crippen LogP contribution in [0.15, 0.2) is 47.3 Å². The van der Waals surface area contributed by atoms with E-state index in [2.05, 4.69) is 4.98 Å². The van der Waals surface area contributed by atoms with E-state index in [1.54, 1.807) is 4.90 Å². The van der Waals surface area contributed by atoms with Crippen LogP contribution in [-0.4, -0.2) is 10.9 Å². The van der Waals surface area contributed by atoms with Gasteiger partial charge in [0.25, 0.3) is 5.56 Å². The standard InChI is InChI=1S/C23H26N2O2/c1-5-7-21(26)25(20-12-15(2)10-11-16(20)3)14-19-13-18-9-6-8-17(4)22(18)24-23(19)27/h6,8-13H,5,7,14H2,1-4H3,(H,24,27). The maximum atomic E-state index is 12.9. The van der Waals surface area contributed by atoms with E-state index in [0.717, 1.165) is 39.7 Å². The third kappa shape index (κ3) is 3.95. The van der Waals surface area contributed by atoms with Crippen LogP contribution in [-0.2, 0) is 11.3 Å². The lowest BCUT2D eigenvalue weighted by Crippen LogP contribution is -2.33. The number of rotatable bonds is 5. The lowest BCUT2D eigenvalue weighted by molar-refractivity contribution is -0.118. The molecule has 0 aliphatic heterocycles. The first-order valence-corrected chi connectivity index (χ1v) is 9.40. The molecule has 0 saturated heterocycles. The zero-order valence-corrected chi connectivity index (χ0v) is 16.4. The van der Waals surface area contributed by atoms with Gasteiger partial charge in [0.05, 0.1) is 12.1 Å². The molecule has 0 saturated carbocycles. The van der Waals surface area contributed by atoms with Crippen molar-refractivity contribution in [2.24, 2.45) is 0 Å². The van der Waals surface area contributed by atoms with E-state index in [4.69, 9.17) is 0 Å². The summed E-state index contributed by atoms with van der Waals surface area (Å²) < 4.78 is 0. The van der Waals surface area contributed by atoms with Crippen molar-refractivity contribution in [2.75, 3.05) is 4.90 Å². The molecule has 4 nitrogen and oxygen atoms in total. The first-order chi connectivity index (χ1) is 12.9. The number of carbonyl (C=O) groups excluding carboxylic acids is 1. The van der Waals surface area contributed by atoms with E-state index in [-0.39, 0.29) is 18.0 Å².